The maximum Gasteiger partial charge on any atom is 0.252 e. The molecule has 0 aromatic heterocycles. The molecule has 0 saturated carbocycles. The second-order valence-electron chi connectivity index (χ2n) is 4.32. The fourth-order valence-corrected chi connectivity index (χ4v) is 1.64. The number of halogens is 1. The first-order chi connectivity index (χ1) is 7.52. The summed E-state index contributed by atoms with van der Waals surface area (Å²) >= 11 is 5.87. The topological polar surface area (TPSA) is 29.1 Å². The maximum absolute atomic E-state index is 12.0. The lowest BCUT2D eigenvalue weighted by atomic mass is 10.00. The van der Waals surface area contributed by atoms with Gasteiger partial charge in [-0.25, -0.2) is 0 Å². The Balaban J connectivity index is 2.84. The standard InChI is InChI=1S/C13H18ClNO/c1-4-13(3,9-14)15-12(16)11-8-6-5-7-10(11)2/h5-8H,4,9H2,1-3H3,(H,15,16). The van der Waals surface area contributed by atoms with Crippen LogP contribution >= 0.6 is 11.6 Å². The van der Waals surface area contributed by atoms with E-state index in [1.165, 1.54) is 0 Å². The average molecular weight is 240 g/mol. The number of hydrogen-bond donors (Lipinski definition) is 1. The molecule has 1 rings (SSSR count). The third-order valence-electron chi connectivity index (χ3n) is 2.88. The predicted octanol–water partition coefficient (Wildman–Crippen LogP) is 3.13. The highest BCUT2D eigenvalue weighted by molar-refractivity contribution is 6.18. The van der Waals surface area contributed by atoms with E-state index in [9.17, 15) is 4.79 Å². The molecule has 0 radical (unpaired) electrons. The molecular formula is C13H18ClNO. The molecule has 16 heavy (non-hydrogen) atoms. The van der Waals surface area contributed by atoms with Gasteiger partial charge in [-0.3, -0.25) is 4.79 Å². The number of nitrogens with one attached hydrogen (secondary N) is 1. The Bertz CT molecular complexity index is 372. The summed E-state index contributed by atoms with van der Waals surface area (Å²) in [6.45, 7) is 5.90. The summed E-state index contributed by atoms with van der Waals surface area (Å²) in [6, 6.07) is 7.55. The van der Waals surface area contributed by atoms with E-state index in [1.807, 2.05) is 45.0 Å². The molecule has 1 N–H and O–H groups in total. The van der Waals surface area contributed by atoms with Crippen molar-refractivity contribution in [3.05, 3.63) is 35.4 Å². The second kappa shape index (κ2) is 5.35. The summed E-state index contributed by atoms with van der Waals surface area (Å²) in [4.78, 5) is 12.0. The Labute approximate surface area is 102 Å². The van der Waals surface area contributed by atoms with Gasteiger partial charge in [0, 0.05) is 11.4 Å². The molecule has 0 aliphatic carbocycles. The maximum atomic E-state index is 12.0. The summed E-state index contributed by atoms with van der Waals surface area (Å²) < 4.78 is 0. The molecule has 1 unspecified atom stereocenters. The molecule has 0 saturated heterocycles. The first-order valence-corrected chi connectivity index (χ1v) is 6.00. The van der Waals surface area contributed by atoms with E-state index in [1.54, 1.807) is 0 Å². The van der Waals surface area contributed by atoms with Crippen LogP contribution in [0.2, 0.25) is 0 Å². The zero-order valence-corrected chi connectivity index (χ0v) is 10.8. The quantitative estimate of drug-likeness (QED) is 0.804. The van der Waals surface area contributed by atoms with Crippen molar-refractivity contribution in [3.63, 3.8) is 0 Å². The molecule has 2 nitrogen and oxygen atoms in total. The molecule has 1 aromatic rings. The van der Waals surface area contributed by atoms with Gasteiger partial charge in [0.15, 0.2) is 0 Å². The minimum atomic E-state index is -0.332. The van der Waals surface area contributed by atoms with Crippen molar-refractivity contribution in [2.75, 3.05) is 5.88 Å². The van der Waals surface area contributed by atoms with Crippen LogP contribution in [0.1, 0.15) is 36.2 Å². The molecule has 1 amide bonds. The zero-order valence-electron chi connectivity index (χ0n) is 10.0. The van der Waals surface area contributed by atoms with Gasteiger partial charge in [0.1, 0.15) is 0 Å². The number of benzene rings is 1. The van der Waals surface area contributed by atoms with Crippen molar-refractivity contribution in [1.82, 2.24) is 5.32 Å². The van der Waals surface area contributed by atoms with Crippen LogP contribution in [0.4, 0.5) is 0 Å². The molecule has 88 valence electrons. The smallest absolute Gasteiger partial charge is 0.252 e. The lowest BCUT2D eigenvalue weighted by Gasteiger charge is -2.27. The monoisotopic (exact) mass is 239 g/mol. The van der Waals surface area contributed by atoms with Crippen molar-refractivity contribution in [2.24, 2.45) is 0 Å². The van der Waals surface area contributed by atoms with Gasteiger partial charge in [-0.2, -0.15) is 0 Å². The average Bonchev–Trinajstić information content (AvgIpc) is 2.29. The first kappa shape index (κ1) is 13.0. The highest BCUT2D eigenvalue weighted by atomic mass is 35.5. The highest BCUT2D eigenvalue weighted by Crippen LogP contribution is 2.14. The normalized spacial score (nSPS) is 14.2. The summed E-state index contributed by atoms with van der Waals surface area (Å²) in [5.74, 6) is 0.365. The van der Waals surface area contributed by atoms with Crippen LogP contribution in [0.25, 0.3) is 0 Å². The Morgan fingerprint density at radius 2 is 2.06 bits per heavy atom. The molecular weight excluding hydrogens is 222 g/mol. The Morgan fingerprint density at radius 1 is 1.44 bits per heavy atom. The molecule has 0 fully saturated rings. The van der Waals surface area contributed by atoms with E-state index in [-0.39, 0.29) is 11.4 Å². The van der Waals surface area contributed by atoms with Crippen molar-refractivity contribution in [1.29, 1.82) is 0 Å². The molecule has 0 bridgehead atoms. The number of carbonyl (C=O) groups excluding carboxylic acids is 1. The van der Waals surface area contributed by atoms with E-state index in [0.717, 1.165) is 12.0 Å². The van der Waals surface area contributed by atoms with Gasteiger partial charge in [0.2, 0.25) is 0 Å². The van der Waals surface area contributed by atoms with Crippen LogP contribution in [-0.4, -0.2) is 17.3 Å². The third-order valence-corrected chi connectivity index (χ3v) is 3.47. The van der Waals surface area contributed by atoms with E-state index in [2.05, 4.69) is 5.32 Å². The Morgan fingerprint density at radius 3 is 2.56 bits per heavy atom. The SMILES string of the molecule is CCC(C)(CCl)NC(=O)c1ccccc1C. The number of amides is 1. The van der Waals surface area contributed by atoms with Crippen molar-refractivity contribution in [2.45, 2.75) is 32.7 Å². The highest BCUT2D eigenvalue weighted by Gasteiger charge is 2.24. The minimum absolute atomic E-state index is 0.0527. The zero-order chi connectivity index (χ0) is 12.2. The molecule has 1 atom stereocenters. The lowest BCUT2D eigenvalue weighted by molar-refractivity contribution is 0.0912. The number of alkyl halides is 1. The van der Waals surface area contributed by atoms with Gasteiger partial charge in [0.25, 0.3) is 5.91 Å². The van der Waals surface area contributed by atoms with Crippen molar-refractivity contribution < 1.29 is 4.79 Å². The molecule has 0 aliphatic heterocycles. The lowest BCUT2D eigenvalue weighted by Crippen LogP contribution is -2.47. The van der Waals surface area contributed by atoms with Crippen LogP contribution in [0.15, 0.2) is 24.3 Å². The van der Waals surface area contributed by atoms with Gasteiger partial charge in [0.05, 0.1) is 5.54 Å². The van der Waals surface area contributed by atoms with E-state index >= 15 is 0 Å². The summed E-state index contributed by atoms with van der Waals surface area (Å²) in [7, 11) is 0. The number of rotatable bonds is 4. The van der Waals surface area contributed by atoms with Crippen LogP contribution in [0.3, 0.4) is 0 Å². The molecule has 0 heterocycles. The van der Waals surface area contributed by atoms with Gasteiger partial charge in [-0.15, -0.1) is 11.6 Å². The van der Waals surface area contributed by atoms with Crippen molar-refractivity contribution in [3.8, 4) is 0 Å². The van der Waals surface area contributed by atoms with Crippen LogP contribution in [0, 0.1) is 6.92 Å². The van der Waals surface area contributed by atoms with Gasteiger partial charge in [-0.1, -0.05) is 25.1 Å². The minimum Gasteiger partial charge on any atom is -0.346 e. The first-order valence-electron chi connectivity index (χ1n) is 5.46. The summed E-state index contributed by atoms with van der Waals surface area (Å²) in [6.07, 6.45) is 0.814. The fourth-order valence-electron chi connectivity index (χ4n) is 1.39. The summed E-state index contributed by atoms with van der Waals surface area (Å²) in [5, 5.41) is 2.98. The van der Waals surface area contributed by atoms with Gasteiger partial charge in [-0.05, 0) is 31.9 Å². The predicted molar refractivity (Wildman–Crippen MR) is 68.1 cm³/mol. The fraction of sp³-hybridized carbons (Fsp3) is 0.462. The number of hydrogen-bond acceptors (Lipinski definition) is 1. The van der Waals surface area contributed by atoms with E-state index in [4.69, 9.17) is 11.6 Å². The molecule has 0 aliphatic rings. The number of aryl methyl sites for hydroxylation is 1. The van der Waals surface area contributed by atoms with Crippen molar-refractivity contribution >= 4 is 17.5 Å². The van der Waals surface area contributed by atoms with E-state index < -0.39 is 0 Å². The van der Waals surface area contributed by atoms with Gasteiger partial charge >= 0.3 is 0 Å². The van der Waals surface area contributed by atoms with E-state index in [0.29, 0.717) is 11.4 Å². The molecule has 3 heteroatoms. The van der Waals surface area contributed by atoms with Gasteiger partial charge < -0.3 is 5.32 Å². The Hall–Kier alpha value is -1.02. The molecule has 0 spiro atoms. The van der Waals surface area contributed by atoms with Crippen LogP contribution < -0.4 is 5.32 Å². The van der Waals surface area contributed by atoms with Crippen LogP contribution in [0.5, 0.6) is 0 Å². The second-order valence-corrected chi connectivity index (χ2v) is 4.58. The van der Waals surface area contributed by atoms with Crippen LogP contribution in [-0.2, 0) is 0 Å². The largest absolute Gasteiger partial charge is 0.346 e. The molecule has 1 aromatic carbocycles. The Kier molecular flexibility index (Phi) is 4.36. The number of carbonyl (C=O) groups is 1. The third kappa shape index (κ3) is 2.99. The summed E-state index contributed by atoms with van der Waals surface area (Å²) in [5.41, 5.74) is 1.36.